The Balaban J connectivity index is 2.20. The van der Waals surface area contributed by atoms with Crippen LogP contribution in [0, 0.1) is 6.92 Å². The van der Waals surface area contributed by atoms with Gasteiger partial charge in [-0.3, -0.25) is 0 Å². The molecule has 0 amide bonds. The summed E-state index contributed by atoms with van der Waals surface area (Å²) in [6.45, 7) is -0.0323. The SMILES string of the molecule is Cc1ccc(Oc2cccc(N(CC(O)C(F)(F)F)C(c3ccccc3)C(F)(F)C(F)(F)C(F)(F)F)c2)cc1. The molecule has 212 valence electrons. The molecule has 0 spiro atoms. The molecule has 0 fully saturated rings. The number of hydrogen-bond donors (Lipinski definition) is 1. The molecule has 2 unspecified atom stereocenters. The predicted molar refractivity (Wildman–Crippen MR) is 122 cm³/mol. The maximum atomic E-state index is 15.3. The van der Waals surface area contributed by atoms with Gasteiger partial charge < -0.3 is 14.7 Å². The number of ether oxygens (including phenoxy) is 1. The van der Waals surface area contributed by atoms with Gasteiger partial charge in [-0.15, -0.1) is 0 Å². The van der Waals surface area contributed by atoms with Crippen molar-refractivity contribution in [3.05, 3.63) is 90.0 Å². The van der Waals surface area contributed by atoms with Crippen molar-refractivity contribution in [1.82, 2.24) is 0 Å². The molecule has 0 radical (unpaired) electrons. The van der Waals surface area contributed by atoms with Crippen molar-refractivity contribution in [2.24, 2.45) is 0 Å². The molecule has 2 atom stereocenters. The lowest BCUT2D eigenvalue weighted by atomic mass is 9.92. The first-order valence-electron chi connectivity index (χ1n) is 11.2. The zero-order chi connectivity index (χ0) is 29.2. The first-order valence-corrected chi connectivity index (χ1v) is 11.2. The standard InChI is InChI=1S/C26H21F10NO2/c1-16-10-12-19(13-11-16)39-20-9-5-8-18(14-20)37(15-21(38)24(29,30)31)22(17-6-3-2-4-7-17)23(27,28)25(32,33)26(34,35)36/h2-14,21-22,38H,15H2,1H3. The zero-order valence-electron chi connectivity index (χ0n) is 19.9. The van der Waals surface area contributed by atoms with Crippen LogP contribution in [0.4, 0.5) is 49.6 Å². The number of nitrogens with zero attached hydrogens (tertiary/aromatic N) is 1. The van der Waals surface area contributed by atoms with Gasteiger partial charge in [-0.05, 0) is 36.8 Å². The molecule has 0 bridgehead atoms. The summed E-state index contributed by atoms with van der Waals surface area (Å²) >= 11 is 0. The van der Waals surface area contributed by atoms with Gasteiger partial charge in [0.1, 0.15) is 17.5 Å². The fourth-order valence-corrected chi connectivity index (χ4v) is 3.70. The summed E-state index contributed by atoms with van der Waals surface area (Å²) in [6, 6.07) is 12.1. The Morgan fingerprint density at radius 2 is 1.33 bits per heavy atom. The Kier molecular flexibility index (Phi) is 8.44. The van der Waals surface area contributed by atoms with Gasteiger partial charge >= 0.3 is 24.2 Å². The Bertz CT molecular complexity index is 1230. The highest BCUT2D eigenvalue weighted by molar-refractivity contribution is 5.54. The molecule has 13 heteroatoms. The Morgan fingerprint density at radius 3 is 1.87 bits per heavy atom. The molecule has 3 nitrogen and oxygen atoms in total. The van der Waals surface area contributed by atoms with Gasteiger partial charge in [0.05, 0.1) is 6.54 Å². The highest BCUT2D eigenvalue weighted by atomic mass is 19.4. The summed E-state index contributed by atoms with van der Waals surface area (Å²) in [5.74, 6) is -12.6. The van der Waals surface area contributed by atoms with E-state index in [-0.39, 0.29) is 16.4 Å². The van der Waals surface area contributed by atoms with Crippen molar-refractivity contribution in [3.8, 4) is 11.5 Å². The van der Waals surface area contributed by atoms with E-state index in [0.29, 0.717) is 0 Å². The molecule has 1 N–H and O–H groups in total. The molecule has 0 saturated heterocycles. The van der Waals surface area contributed by atoms with Crippen molar-refractivity contribution < 1.29 is 53.7 Å². The molecule has 39 heavy (non-hydrogen) atoms. The third-order valence-corrected chi connectivity index (χ3v) is 5.70. The molecule has 0 saturated carbocycles. The van der Waals surface area contributed by atoms with E-state index in [1.54, 1.807) is 19.1 Å². The molecule has 3 aromatic rings. The fourth-order valence-electron chi connectivity index (χ4n) is 3.70. The van der Waals surface area contributed by atoms with Crippen LogP contribution in [0.5, 0.6) is 11.5 Å². The lowest BCUT2D eigenvalue weighted by Crippen LogP contribution is -2.59. The number of rotatable bonds is 9. The molecule has 0 aliphatic heterocycles. The predicted octanol–water partition coefficient (Wildman–Crippen LogP) is 8.09. The van der Waals surface area contributed by atoms with Gasteiger partial charge in [0.15, 0.2) is 6.10 Å². The van der Waals surface area contributed by atoms with Crippen LogP contribution in [0.3, 0.4) is 0 Å². The van der Waals surface area contributed by atoms with E-state index < -0.39 is 54.1 Å². The normalized spacial score (nSPS) is 14.6. The van der Waals surface area contributed by atoms with Crippen LogP contribution in [0.2, 0.25) is 0 Å². The summed E-state index contributed by atoms with van der Waals surface area (Å²) in [5.41, 5.74) is -0.651. The average molecular weight is 569 g/mol. The van der Waals surface area contributed by atoms with E-state index in [2.05, 4.69) is 0 Å². The Hall–Kier alpha value is -3.48. The summed E-state index contributed by atoms with van der Waals surface area (Å²) in [7, 11) is 0. The lowest BCUT2D eigenvalue weighted by Gasteiger charge is -2.42. The minimum absolute atomic E-state index is 0.0326. The lowest BCUT2D eigenvalue weighted by molar-refractivity contribution is -0.359. The number of halogens is 10. The summed E-state index contributed by atoms with van der Waals surface area (Å²) in [4.78, 5) is -0.0326. The number of anilines is 1. The Labute approximate surface area is 216 Å². The number of aliphatic hydroxyl groups is 1. The van der Waals surface area contributed by atoms with E-state index in [0.717, 1.165) is 48.0 Å². The minimum atomic E-state index is -6.76. The smallest absolute Gasteiger partial charge is 0.457 e. The van der Waals surface area contributed by atoms with E-state index in [1.165, 1.54) is 24.3 Å². The number of hydrogen-bond acceptors (Lipinski definition) is 3. The molecule has 3 rings (SSSR count). The van der Waals surface area contributed by atoms with Gasteiger partial charge in [-0.25, -0.2) is 0 Å². The van der Waals surface area contributed by atoms with Crippen molar-refractivity contribution in [2.45, 2.75) is 43.3 Å². The summed E-state index contributed by atoms with van der Waals surface area (Å²) < 4.78 is 144. The topological polar surface area (TPSA) is 32.7 Å². The van der Waals surface area contributed by atoms with Crippen LogP contribution in [-0.2, 0) is 0 Å². The fraction of sp³-hybridized carbons (Fsp3) is 0.308. The second kappa shape index (κ2) is 10.9. The van der Waals surface area contributed by atoms with Gasteiger partial charge in [0, 0.05) is 11.8 Å². The summed E-state index contributed by atoms with van der Waals surface area (Å²) in [6.07, 6.45) is -15.6. The highest BCUT2D eigenvalue weighted by Crippen LogP contribution is 2.54. The second-order valence-electron chi connectivity index (χ2n) is 8.63. The van der Waals surface area contributed by atoms with Crippen LogP contribution in [-0.4, -0.2) is 42.0 Å². The van der Waals surface area contributed by atoms with Gasteiger partial charge in [0.25, 0.3) is 0 Å². The van der Waals surface area contributed by atoms with Crippen molar-refractivity contribution in [2.75, 3.05) is 11.4 Å². The van der Waals surface area contributed by atoms with Crippen LogP contribution >= 0.6 is 0 Å². The molecule has 0 heterocycles. The number of aryl methyl sites for hydroxylation is 1. The van der Waals surface area contributed by atoms with Gasteiger partial charge in [-0.2, -0.15) is 43.9 Å². The zero-order valence-corrected chi connectivity index (χ0v) is 19.9. The maximum Gasteiger partial charge on any atom is 0.459 e. The average Bonchev–Trinajstić information content (AvgIpc) is 2.84. The molecular formula is C26H21F10NO2. The number of benzene rings is 3. The number of aliphatic hydroxyl groups excluding tert-OH is 1. The third-order valence-electron chi connectivity index (χ3n) is 5.70. The first kappa shape index (κ1) is 30.1. The van der Waals surface area contributed by atoms with Crippen molar-refractivity contribution in [1.29, 1.82) is 0 Å². The molecule has 0 aromatic heterocycles. The highest BCUT2D eigenvalue weighted by Gasteiger charge is 2.76. The van der Waals surface area contributed by atoms with Gasteiger partial charge in [-0.1, -0.05) is 54.1 Å². The van der Waals surface area contributed by atoms with E-state index in [9.17, 15) is 40.2 Å². The quantitative estimate of drug-likeness (QED) is 0.265. The number of alkyl halides is 10. The Morgan fingerprint density at radius 1 is 0.744 bits per heavy atom. The van der Waals surface area contributed by atoms with Crippen LogP contribution in [0.25, 0.3) is 0 Å². The van der Waals surface area contributed by atoms with E-state index in [1.807, 2.05) is 0 Å². The van der Waals surface area contributed by atoms with E-state index >= 15 is 8.78 Å². The van der Waals surface area contributed by atoms with Crippen LogP contribution < -0.4 is 9.64 Å². The first-order chi connectivity index (χ1) is 17.9. The molecule has 3 aromatic carbocycles. The molecule has 0 aliphatic rings. The maximum absolute atomic E-state index is 15.3. The van der Waals surface area contributed by atoms with Crippen molar-refractivity contribution in [3.63, 3.8) is 0 Å². The van der Waals surface area contributed by atoms with Gasteiger partial charge in [0.2, 0.25) is 0 Å². The largest absolute Gasteiger partial charge is 0.459 e. The molecular weight excluding hydrogens is 548 g/mol. The monoisotopic (exact) mass is 569 g/mol. The second-order valence-corrected chi connectivity index (χ2v) is 8.63. The van der Waals surface area contributed by atoms with E-state index in [4.69, 9.17) is 4.74 Å². The van der Waals surface area contributed by atoms with Crippen molar-refractivity contribution >= 4 is 5.69 Å². The minimum Gasteiger partial charge on any atom is -0.457 e. The summed E-state index contributed by atoms with van der Waals surface area (Å²) in [5, 5.41) is 9.72. The van der Waals surface area contributed by atoms with Crippen LogP contribution in [0.1, 0.15) is 17.2 Å². The van der Waals surface area contributed by atoms with Crippen LogP contribution in [0.15, 0.2) is 78.9 Å². The molecule has 0 aliphatic carbocycles. The third kappa shape index (κ3) is 6.57.